The molecule has 3 rings (SSSR count). The van der Waals surface area contributed by atoms with E-state index in [9.17, 15) is 9.59 Å². The number of hydrogen-bond donors (Lipinski definition) is 1. The monoisotopic (exact) mass is 331 g/mol. The van der Waals surface area contributed by atoms with Crippen molar-refractivity contribution in [1.82, 2.24) is 15.2 Å². The van der Waals surface area contributed by atoms with Crippen LogP contribution in [0.25, 0.3) is 0 Å². The minimum absolute atomic E-state index is 0.0931. The van der Waals surface area contributed by atoms with E-state index < -0.39 is 0 Å². The van der Waals surface area contributed by atoms with Crippen molar-refractivity contribution < 1.29 is 14.3 Å². The molecule has 2 saturated heterocycles. The lowest BCUT2D eigenvalue weighted by Crippen LogP contribution is -2.66. The first-order valence-electron chi connectivity index (χ1n) is 8.74. The smallest absolute Gasteiger partial charge is 0.252 e. The van der Waals surface area contributed by atoms with E-state index in [0.29, 0.717) is 37.5 Å². The van der Waals surface area contributed by atoms with E-state index in [1.54, 1.807) is 24.5 Å². The third-order valence-electron chi connectivity index (χ3n) is 5.04. The van der Waals surface area contributed by atoms with Crippen LogP contribution in [0.3, 0.4) is 0 Å². The second kappa shape index (κ2) is 7.30. The van der Waals surface area contributed by atoms with E-state index in [-0.39, 0.29) is 17.4 Å². The molecule has 0 saturated carbocycles. The number of carbonyl (C=O) groups excluding carboxylic acids is 2. The molecule has 1 aromatic heterocycles. The van der Waals surface area contributed by atoms with Gasteiger partial charge in [-0.2, -0.15) is 0 Å². The largest absolute Gasteiger partial charge is 0.371 e. The van der Waals surface area contributed by atoms with E-state index in [4.69, 9.17) is 4.74 Å². The predicted molar refractivity (Wildman–Crippen MR) is 89.5 cm³/mol. The third kappa shape index (κ3) is 3.43. The van der Waals surface area contributed by atoms with Gasteiger partial charge in [-0.15, -0.1) is 0 Å². The Kier molecular flexibility index (Phi) is 5.14. The quantitative estimate of drug-likeness (QED) is 0.860. The Morgan fingerprint density at radius 3 is 3.00 bits per heavy atom. The molecule has 1 aromatic rings. The molecule has 2 aliphatic rings. The minimum Gasteiger partial charge on any atom is -0.371 e. The fourth-order valence-corrected chi connectivity index (χ4v) is 3.65. The summed E-state index contributed by atoms with van der Waals surface area (Å²) in [6, 6.07) is 3.51. The average molecular weight is 331 g/mol. The van der Waals surface area contributed by atoms with Crippen LogP contribution < -0.4 is 5.32 Å². The first kappa shape index (κ1) is 16.9. The Morgan fingerprint density at radius 1 is 1.46 bits per heavy atom. The van der Waals surface area contributed by atoms with Crippen LogP contribution in [0.2, 0.25) is 0 Å². The summed E-state index contributed by atoms with van der Waals surface area (Å²) in [7, 11) is 0. The van der Waals surface area contributed by atoms with Crippen LogP contribution in [0.1, 0.15) is 43.0 Å². The van der Waals surface area contributed by atoms with Crippen molar-refractivity contribution in [2.24, 2.45) is 5.92 Å². The van der Waals surface area contributed by atoms with Crippen LogP contribution in [0, 0.1) is 5.92 Å². The molecule has 2 amide bonds. The molecule has 1 N–H and O–H groups in total. The maximum absolute atomic E-state index is 12.0. The number of nitrogens with zero attached hydrogens (tertiary/aromatic N) is 2. The fraction of sp³-hybridized carbons (Fsp3) is 0.611. The molecule has 0 bridgehead atoms. The first-order valence-corrected chi connectivity index (χ1v) is 8.74. The van der Waals surface area contributed by atoms with Gasteiger partial charge in [0.15, 0.2) is 0 Å². The molecule has 24 heavy (non-hydrogen) atoms. The molecular formula is C18H25N3O3. The second-order valence-corrected chi connectivity index (χ2v) is 6.68. The molecule has 1 unspecified atom stereocenters. The maximum Gasteiger partial charge on any atom is 0.252 e. The van der Waals surface area contributed by atoms with Crippen LogP contribution in [0.4, 0.5) is 0 Å². The van der Waals surface area contributed by atoms with E-state index in [2.05, 4.69) is 10.3 Å². The van der Waals surface area contributed by atoms with Gasteiger partial charge in [-0.1, -0.05) is 6.92 Å². The Bertz CT molecular complexity index is 584. The molecule has 0 aliphatic carbocycles. The molecular weight excluding hydrogens is 306 g/mol. The van der Waals surface area contributed by atoms with Crippen molar-refractivity contribution in [2.75, 3.05) is 26.2 Å². The predicted octanol–water partition coefficient (Wildman–Crippen LogP) is 1.62. The normalized spacial score (nSPS) is 21.5. The number of aromatic nitrogens is 1. The molecule has 1 atom stereocenters. The van der Waals surface area contributed by atoms with Gasteiger partial charge in [-0.3, -0.25) is 14.6 Å². The number of carbonyl (C=O) groups is 2. The highest BCUT2D eigenvalue weighted by atomic mass is 16.5. The van der Waals surface area contributed by atoms with E-state index >= 15 is 0 Å². The molecule has 2 fully saturated rings. The number of pyridine rings is 1. The van der Waals surface area contributed by atoms with E-state index in [1.165, 1.54) is 0 Å². The van der Waals surface area contributed by atoms with Crippen molar-refractivity contribution in [3.05, 3.63) is 30.1 Å². The number of ether oxygens (including phenoxy) is 1. The molecule has 0 aromatic carbocycles. The summed E-state index contributed by atoms with van der Waals surface area (Å²) in [6.07, 6.45) is 6.59. The highest BCUT2D eigenvalue weighted by Gasteiger charge is 2.53. The summed E-state index contributed by atoms with van der Waals surface area (Å²) in [4.78, 5) is 29.8. The Hall–Kier alpha value is -1.95. The average Bonchev–Trinajstić information content (AvgIpc) is 2.98. The Labute approximate surface area is 142 Å². The van der Waals surface area contributed by atoms with Gasteiger partial charge in [0, 0.05) is 32.0 Å². The number of nitrogens with one attached hydrogen (secondary N) is 1. The number of hydrogen-bond acceptors (Lipinski definition) is 4. The number of rotatable bonds is 6. The van der Waals surface area contributed by atoms with Crippen molar-refractivity contribution in [3.63, 3.8) is 0 Å². The lowest BCUT2D eigenvalue weighted by molar-refractivity contribution is -0.165. The van der Waals surface area contributed by atoms with Gasteiger partial charge in [0.1, 0.15) is 5.60 Å². The highest BCUT2D eigenvalue weighted by molar-refractivity contribution is 5.93. The summed E-state index contributed by atoms with van der Waals surface area (Å²) in [5.41, 5.74) is 0.400. The molecule has 6 heteroatoms. The summed E-state index contributed by atoms with van der Waals surface area (Å²) in [5, 5.41) is 2.95. The van der Waals surface area contributed by atoms with Crippen LogP contribution in [0.5, 0.6) is 0 Å². The van der Waals surface area contributed by atoms with Gasteiger partial charge in [-0.05, 0) is 37.3 Å². The van der Waals surface area contributed by atoms with Gasteiger partial charge in [0.05, 0.1) is 18.7 Å². The van der Waals surface area contributed by atoms with Gasteiger partial charge >= 0.3 is 0 Å². The van der Waals surface area contributed by atoms with Crippen LogP contribution >= 0.6 is 0 Å². The Balaban J connectivity index is 1.46. The molecule has 3 heterocycles. The highest BCUT2D eigenvalue weighted by Crippen LogP contribution is 2.41. The zero-order valence-electron chi connectivity index (χ0n) is 14.2. The topological polar surface area (TPSA) is 71.5 Å². The van der Waals surface area contributed by atoms with Crippen molar-refractivity contribution in [3.8, 4) is 0 Å². The van der Waals surface area contributed by atoms with Crippen molar-refractivity contribution in [2.45, 2.75) is 38.2 Å². The first-order chi connectivity index (χ1) is 11.6. The molecule has 0 radical (unpaired) electrons. The van der Waals surface area contributed by atoms with E-state index in [0.717, 1.165) is 25.9 Å². The van der Waals surface area contributed by atoms with Crippen molar-refractivity contribution in [1.29, 1.82) is 0 Å². The SMILES string of the molecule is CCCC(=O)N1CC2(C1)OCCC2CCNC(=O)c1cccnc1. The molecule has 1 spiro atoms. The molecule has 130 valence electrons. The van der Waals surface area contributed by atoms with Gasteiger partial charge in [0.2, 0.25) is 5.91 Å². The standard InChI is InChI=1S/C18H25N3O3/c1-2-4-16(22)21-12-18(13-21)15(7-10-24-18)6-9-20-17(23)14-5-3-8-19-11-14/h3,5,8,11,15H,2,4,6-7,9-10,12-13H2,1H3,(H,20,23). The summed E-state index contributed by atoms with van der Waals surface area (Å²) in [5.74, 6) is 0.532. The zero-order chi connectivity index (χ0) is 17.0. The van der Waals surface area contributed by atoms with E-state index in [1.807, 2.05) is 11.8 Å². The lowest BCUT2D eigenvalue weighted by Gasteiger charge is -2.50. The summed E-state index contributed by atoms with van der Waals surface area (Å²) < 4.78 is 5.97. The molecule has 6 nitrogen and oxygen atoms in total. The molecule has 2 aliphatic heterocycles. The zero-order valence-corrected chi connectivity index (χ0v) is 14.2. The number of likely N-dealkylation sites (tertiary alicyclic amines) is 1. The minimum atomic E-state index is -0.178. The summed E-state index contributed by atoms with van der Waals surface area (Å²) >= 11 is 0. The summed E-state index contributed by atoms with van der Waals surface area (Å²) in [6.45, 7) is 4.79. The van der Waals surface area contributed by atoms with Gasteiger partial charge in [-0.25, -0.2) is 0 Å². The maximum atomic E-state index is 12.0. The lowest BCUT2D eigenvalue weighted by atomic mass is 9.78. The van der Waals surface area contributed by atoms with Gasteiger partial charge < -0.3 is 15.0 Å². The number of amides is 2. The van der Waals surface area contributed by atoms with Crippen LogP contribution in [-0.2, 0) is 9.53 Å². The van der Waals surface area contributed by atoms with Crippen LogP contribution in [0.15, 0.2) is 24.5 Å². The third-order valence-corrected chi connectivity index (χ3v) is 5.04. The van der Waals surface area contributed by atoms with Gasteiger partial charge in [0.25, 0.3) is 5.91 Å². The fourth-order valence-electron chi connectivity index (χ4n) is 3.65. The van der Waals surface area contributed by atoms with Crippen LogP contribution in [-0.4, -0.2) is 53.5 Å². The van der Waals surface area contributed by atoms with Crippen molar-refractivity contribution >= 4 is 11.8 Å². The Morgan fingerprint density at radius 2 is 2.29 bits per heavy atom. The second-order valence-electron chi connectivity index (χ2n) is 6.68.